The monoisotopic (exact) mass is 469 g/mol. The van der Waals surface area contributed by atoms with Crippen molar-refractivity contribution in [3.8, 4) is 0 Å². The molecule has 0 bridgehead atoms. The summed E-state index contributed by atoms with van der Waals surface area (Å²) < 4.78 is 2.57. The third-order valence-electron chi connectivity index (χ3n) is 5.24. The van der Waals surface area contributed by atoms with Crippen molar-refractivity contribution in [3.05, 3.63) is 89.2 Å². The van der Waals surface area contributed by atoms with Crippen LogP contribution in [0.1, 0.15) is 0 Å². The molecule has 0 unspecified atom stereocenters. The van der Waals surface area contributed by atoms with Crippen LogP contribution in [0.25, 0.3) is 21.5 Å². The lowest BCUT2D eigenvalue weighted by atomic mass is 10.2. The number of nitrogens with zero attached hydrogens (tertiary/aromatic N) is 7. The molecule has 0 saturated carbocycles. The average molecular weight is 469 g/mol. The van der Waals surface area contributed by atoms with Crippen LogP contribution in [-0.4, -0.2) is 40.8 Å². The van der Waals surface area contributed by atoms with Crippen molar-refractivity contribution in [1.82, 2.24) is 14.0 Å². The predicted molar refractivity (Wildman–Crippen MR) is 118 cm³/mol. The van der Waals surface area contributed by atoms with E-state index in [-0.39, 0.29) is 47.1 Å². The van der Waals surface area contributed by atoms with Crippen molar-refractivity contribution < 1.29 is 19.7 Å². The first kappa shape index (κ1) is 22.3. The fraction of sp³-hybridized carbons (Fsp3) is 0.158. The van der Waals surface area contributed by atoms with Gasteiger partial charge in [-0.05, 0) is 29.0 Å². The minimum Gasteiger partial charge on any atom is -0.358 e. The van der Waals surface area contributed by atoms with Gasteiger partial charge < -0.3 is 20.2 Å². The Morgan fingerprint density at radius 2 is 1.06 bits per heavy atom. The van der Waals surface area contributed by atoms with Gasteiger partial charge in [-0.2, -0.15) is 0 Å². The standard InChI is InChI=1S/C19H15N7O8/c1-20(10-21-8-12-6-14(23(27)28)2-4-16(12)18(21)25(31)32)11-22-9-13-7-15(24(29)30)3-5-17(13)19(22)26(33)34/h2-9H,10-11H2,1H3. The molecule has 0 amide bonds. The van der Waals surface area contributed by atoms with E-state index in [4.69, 9.17) is 0 Å². The average Bonchev–Trinajstić information content (AvgIpc) is 3.29. The summed E-state index contributed by atoms with van der Waals surface area (Å²) in [5.74, 6) is -0.556. The summed E-state index contributed by atoms with van der Waals surface area (Å²) >= 11 is 0. The van der Waals surface area contributed by atoms with Crippen molar-refractivity contribution in [2.75, 3.05) is 7.05 Å². The van der Waals surface area contributed by atoms with Crippen LogP contribution >= 0.6 is 0 Å². The van der Waals surface area contributed by atoms with Crippen LogP contribution in [0, 0.1) is 40.5 Å². The van der Waals surface area contributed by atoms with Crippen LogP contribution in [0.4, 0.5) is 23.0 Å². The zero-order chi connectivity index (χ0) is 24.7. The quantitative estimate of drug-likeness (QED) is 0.273. The van der Waals surface area contributed by atoms with Gasteiger partial charge in [0.1, 0.15) is 25.7 Å². The lowest BCUT2D eigenvalue weighted by molar-refractivity contribution is -0.391. The zero-order valence-corrected chi connectivity index (χ0v) is 17.4. The van der Waals surface area contributed by atoms with Gasteiger partial charge in [0.05, 0.1) is 20.6 Å². The highest BCUT2D eigenvalue weighted by Crippen LogP contribution is 2.33. The number of non-ortho nitro benzene ring substituents is 2. The Morgan fingerprint density at radius 3 is 1.38 bits per heavy atom. The summed E-state index contributed by atoms with van der Waals surface area (Å²) in [7, 11) is 1.58. The zero-order valence-electron chi connectivity index (χ0n) is 17.4. The minimum atomic E-state index is -0.604. The van der Waals surface area contributed by atoms with Gasteiger partial charge in [-0.25, -0.2) is 14.0 Å². The molecule has 174 valence electrons. The van der Waals surface area contributed by atoms with Crippen LogP contribution in [-0.2, 0) is 13.3 Å². The summed E-state index contributed by atoms with van der Waals surface area (Å²) in [5, 5.41) is 46.5. The molecule has 15 heteroatoms. The van der Waals surface area contributed by atoms with Gasteiger partial charge in [0.25, 0.3) is 11.4 Å². The normalized spacial score (nSPS) is 11.4. The molecule has 2 heterocycles. The Labute approximate surface area is 188 Å². The molecule has 0 fully saturated rings. The van der Waals surface area contributed by atoms with E-state index in [1.54, 1.807) is 11.9 Å². The highest BCUT2D eigenvalue weighted by atomic mass is 16.6. The van der Waals surface area contributed by atoms with Gasteiger partial charge in [0.2, 0.25) is 0 Å². The van der Waals surface area contributed by atoms with Gasteiger partial charge in [-0.1, -0.05) is 0 Å². The van der Waals surface area contributed by atoms with E-state index < -0.39 is 19.7 Å². The van der Waals surface area contributed by atoms with Gasteiger partial charge in [0.15, 0.2) is 0 Å². The lowest BCUT2D eigenvalue weighted by Gasteiger charge is -2.14. The van der Waals surface area contributed by atoms with E-state index in [0.29, 0.717) is 10.8 Å². The summed E-state index contributed by atoms with van der Waals surface area (Å²) in [6.45, 7) is -0.130. The third kappa shape index (κ3) is 3.86. The number of nitro groups is 4. The summed E-state index contributed by atoms with van der Waals surface area (Å²) in [6, 6.07) is 7.43. The molecule has 0 aliphatic carbocycles. The number of hydrogen-bond acceptors (Lipinski definition) is 9. The van der Waals surface area contributed by atoms with E-state index in [9.17, 15) is 40.5 Å². The molecule has 0 N–H and O–H groups in total. The Morgan fingerprint density at radius 1 is 0.676 bits per heavy atom. The number of aromatic nitrogens is 2. The summed E-state index contributed by atoms with van der Waals surface area (Å²) in [5.41, 5.74) is -0.423. The van der Waals surface area contributed by atoms with Crippen LogP contribution in [0.3, 0.4) is 0 Å². The molecule has 15 nitrogen and oxygen atoms in total. The summed E-state index contributed by atoms with van der Waals surface area (Å²) in [6.07, 6.45) is 2.81. The van der Waals surface area contributed by atoms with Gasteiger partial charge in [-0.3, -0.25) is 20.2 Å². The van der Waals surface area contributed by atoms with Crippen LogP contribution < -0.4 is 0 Å². The molecule has 0 aliphatic rings. The Bertz CT molecular complexity index is 1390. The highest BCUT2D eigenvalue weighted by molar-refractivity contribution is 5.93. The van der Waals surface area contributed by atoms with E-state index >= 15 is 0 Å². The van der Waals surface area contributed by atoms with Crippen molar-refractivity contribution in [2.45, 2.75) is 13.3 Å². The van der Waals surface area contributed by atoms with Crippen LogP contribution in [0.5, 0.6) is 0 Å². The molecule has 4 rings (SSSR count). The fourth-order valence-corrected chi connectivity index (χ4v) is 3.90. The van der Waals surface area contributed by atoms with E-state index in [1.165, 1.54) is 57.9 Å². The second kappa shape index (κ2) is 8.21. The maximum absolute atomic E-state index is 11.7. The Kier molecular flexibility index (Phi) is 5.38. The van der Waals surface area contributed by atoms with Gasteiger partial charge in [-0.15, -0.1) is 0 Å². The Balaban J connectivity index is 1.69. The van der Waals surface area contributed by atoms with E-state index in [2.05, 4.69) is 0 Å². The first-order chi connectivity index (χ1) is 16.1. The van der Waals surface area contributed by atoms with Crippen molar-refractivity contribution in [3.63, 3.8) is 0 Å². The number of rotatable bonds is 8. The maximum atomic E-state index is 11.7. The number of benzene rings is 2. The van der Waals surface area contributed by atoms with E-state index in [1.807, 2.05) is 0 Å². The molecular formula is C19H15N7O8. The first-order valence-corrected chi connectivity index (χ1v) is 9.58. The molecule has 34 heavy (non-hydrogen) atoms. The molecule has 0 aliphatic heterocycles. The predicted octanol–water partition coefficient (Wildman–Crippen LogP) is 3.78. The molecular weight excluding hydrogens is 454 g/mol. The second-order valence-electron chi connectivity index (χ2n) is 7.56. The SMILES string of the molecule is CN(Cn1cc2cc([N+](=O)[O-])ccc2c1[N+](=O)[O-])Cn1cc2cc([N+](=O)[O-])ccc2c1[N+](=O)[O-]. The molecule has 2 aromatic heterocycles. The van der Waals surface area contributed by atoms with Crippen molar-refractivity contribution in [1.29, 1.82) is 0 Å². The van der Waals surface area contributed by atoms with E-state index in [0.717, 1.165) is 0 Å². The molecule has 0 radical (unpaired) electrons. The molecule has 0 atom stereocenters. The first-order valence-electron chi connectivity index (χ1n) is 9.58. The number of nitro benzene ring substituents is 2. The van der Waals surface area contributed by atoms with Crippen LogP contribution in [0.15, 0.2) is 48.8 Å². The highest BCUT2D eigenvalue weighted by Gasteiger charge is 2.26. The maximum Gasteiger partial charge on any atom is 0.331 e. The Hall–Kier alpha value is -4.92. The topological polar surface area (TPSA) is 186 Å². The summed E-state index contributed by atoms with van der Waals surface area (Å²) in [4.78, 5) is 44.6. The fourth-order valence-electron chi connectivity index (χ4n) is 3.90. The van der Waals surface area contributed by atoms with Crippen molar-refractivity contribution >= 4 is 44.6 Å². The molecule has 2 aromatic carbocycles. The molecule has 4 aromatic rings. The van der Waals surface area contributed by atoms with Crippen LogP contribution in [0.2, 0.25) is 0 Å². The minimum absolute atomic E-state index is 0.0649. The largest absolute Gasteiger partial charge is 0.358 e. The smallest absolute Gasteiger partial charge is 0.331 e. The third-order valence-corrected chi connectivity index (χ3v) is 5.24. The number of hydrogen-bond donors (Lipinski definition) is 0. The number of fused-ring (bicyclic) bond motifs is 2. The molecule has 0 saturated heterocycles. The van der Waals surface area contributed by atoms with Gasteiger partial charge >= 0.3 is 11.6 Å². The van der Waals surface area contributed by atoms with Crippen molar-refractivity contribution in [2.24, 2.45) is 0 Å². The second-order valence-corrected chi connectivity index (χ2v) is 7.56. The lowest BCUT2D eigenvalue weighted by Crippen LogP contribution is -2.25. The van der Waals surface area contributed by atoms with Gasteiger partial charge in [0, 0.05) is 35.0 Å². The molecule has 0 spiro atoms.